The van der Waals surface area contributed by atoms with Crippen LogP contribution in [0, 0.1) is 5.82 Å². The van der Waals surface area contributed by atoms with Crippen molar-refractivity contribution in [1.29, 1.82) is 0 Å². The van der Waals surface area contributed by atoms with E-state index in [0.29, 0.717) is 12.1 Å². The van der Waals surface area contributed by atoms with Gasteiger partial charge >= 0.3 is 6.18 Å². The van der Waals surface area contributed by atoms with Crippen molar-refractivity contribution >= 4 is 11.6 Å². The van der Waals surface area contributed by atoms with Crippen LogP contribution >= 0.6 is 11.6 Å². The molecule has 0 spiro atoms. The van der Waals surface area contributed by atoms with Gasteiger partial charge in [-0.25, -0.2) is 4.39 Å². The van der Waals surface area contributed by atoms with Crippen molar-refractivity contribution in [3.63, 3.8) is 0 Å². The zero-order valence-electron chi connectivity index (χ0n) is 7.94. The van der Waals surface area contributed by atoms with Crippen LogP contribution in [0.25, 0.3) is 0 Å². The van der Waals surface area contributed by atoms with E-state index in [1.54, 1.807) is 0 Å². The quantitative estimate of drug-likeness (QED) is 0.584. The molecule has 0 heterocycles. The van der Waals surface area contributed by atoms with Crippen LogP contribution in [-0.2, 0) is 6.18 Å². The predicted octanol–water partition coefficient (Wildman–Crippen LogP) is 4.06. The van der Waals surface area contributed by atoms with Gasteiger partial charge in [0.05, 0.1) is 10.6 Å². The molecule has 0 bridgehead atoms. The Morgan fingerprint density at radius 3 is 2.50 bits per heavy atom. The molecule has 0 N–H and O–H groups in total. The molecule has 0 amide bonds. The summed E-state index contributed by atoms with van der Waals surface area (Å²) < 4.78 is 55.0. The summed E-state index contributed by atoms with van der Waals surface area (Å²) in [5.74, 6) is -1.56. The van der Waals surface area contributed by atoms with Crippen LogP contribution in [0.15, 0.2) is 24.8 Å². The standard InChI is InChI=1S/C10H7ClF4O/c1-2-3-16-8-5-6(10(13,14)15)4-7(11)9(8)12/h2,4-5H,1,3H2. The summed E-state index contributed by atoms with van der Waals surface area (Å²) in [6, 6.07) is 1.07. The molecule has 0 aromatic heterocycles. The molecule has 1 nitrogen and oxygen atoms in total. The number of benzene rings is 1. The molecule has 0 saturated heterocycles. The van der Waals surface area contributed by atoms with Gasteiger partial charge in [0.2, 0.25) is 0 Å². The molecule has 0 saturated carbocycles. The van der Waals surface area contributed by atoms with E-state index in [0.717, 1.165) is 0 Å². The first-order valence-corrected chi connectivity index (χ1v) is 4.54. The Balaban J connectivity index is 3.16. The Labute approximate surface area is 94.3 Å². The summed E-state index contributed by atoms with van der Waals surface area (Å²) in [5, 5.41) is -0.631. The van der Waals surface area contributed by atoms with E-state index in [-0.39, 0.29) is 6.61 Å². The highest BCUT2D eigenvalue weighted by molar-refractivity contribution is 6.31. The van der Waals surface area contributed by atoms with Gasteiger partial charge < -0.3 is 4.74 Å². The van der Waals surface area contributed by atoms with Crippen LogP contribution in [0.3, 0.4) is 0 Å². The van der Waals surface area contributed by atoms with Crippen molar-refractivity contribution < 1.29 is 22.3 Å². The fourth-order valence-corrected chi connectivity index (χ4v) is 1.19. The summed E-state index contributed by atoms with van der Waals surface area (Å²) in [5.41, 5.74) is -1.06. The highest BCUT2D eigenvalue weighted by Gasteiger charge is 2.32. The number of hydrogen-bond acceptors (Lipinski definition) is 1. The van der Waals surface area contributed by atoms with Gasteiger partial charge in [-0.1, -0.05) is 24.3 Å². The van der Waals surface area contributed by atoms with Crippen molar-refractivity contribution in [3.05, 3.63) is 41.2 Å². The molecule has 0 radical (unpaired) electrons. The fraction of sp³-hybridized carbons (Fsp3) is 0.200. The van der Waals surface area contributed by atoms with Crippen LogP contribution in [0.1, 0.15) is 5.56 Å². The molecular weight excluding hydrogens is 248 g/mol. The van der Waals surface area contributed by atoms with Crippen molar-refractivity contribution in [3.8, 4) is 5.75 Å². The lowest BCUT2D eigenvalue weighted by atomic mass is 10.2. The molecule has 0 fully saturated rings. The first kappa shape index (κ1) is 12.8. The summed E-state index contributed by atoms with van der Waals surface area (Å²) >= 11 is 5.32. The summed E-state index contributed by atoms with van der Waals surface area (Å²) in [7, 11) is 0. The van der Waals surface area contributed by atoms with E-state index in [4.69, 9.17) is 16.3 Å². The molecule has 0 unspecified atom stereocenters. The second kappa shape index (κ2) is 4.74. The zero-order valence-corrected chi connectivity index (χ0v) is 8.70. The highest BCUT2D eigenvalue weighted by atomic mass is 35.5. The van der Waals surface area contributed by atoms with E-state index >= 15 is 0 Å². The minimum absolute atomic E-state index is 0.103. The summed E-state index contributed by atoms with van der Waals surface area (Å²) in [6.07, 6.45) is -3.31. The predicted molar refractivity (Wildman–Crippen MR) is 52.1 cm³/mol. The Morgan fingerprint density at radius 1 is 1.38 bits per heavy atom. The molecule has 6 heteroatoms. The summed E-state index contributed by atoms with van der Waals surface area (Å²) in [6.45, 7) is 3.19. The zero-order chi connectivity index (χ0) is 12.3. The monoisotopic (exact) mass is 254 g/mol. The molecule has 16 heavy (non-hydrogen) atoms. The van der Waals surface area contributed by atoms with Gasteiger partial charge in [0.1, 0.15) is 6.61 Å². The topological polar surface area (TPSA) is 9.23 Å². The van der Waals surface area contributed by atoms with Gasteiger partial charge in [0.25, 0.3) is 0 Å². The van der Waals surface area contributed by atoms with Crippen LogP contribution in [0.4, 0.5) is 17.6 Å². The SMILES string of the molecule is C=CCOc1cc(C(F)(F)F)cc(Cl)c1F. The van der Waals surface area contributed by atoms with Gasteiger partial charge in [-0.15, -0.1) is 0 Å². The van der Waals surface area contributed by atoms with Crippen molar-refractivity contribution in [2.75, 3.05) is 6.61 Å². The highest BCUT2D eigenvalue weighted by Crippen LogP contribution is 2.36. The molecule has 0 aliphatic heterocycles. The third-order valence-electron chi connectivity index (χ3n) is 1.68. The average molecular weight is 255 g/mol. The lowest BCUT2D eigenvalue weighted by molar-refractivity contribution is -0.137. The smallest absolute Gasteiger partial charge is 0.416 e. The van der Waals surface area contributed by atoms with Gasteiger partial charge in [0, 0.05) is 0 Å². The molecule has 1 aromatic carbocycles. The molecule has 0 aliphatic carbocycles. The van der Waals surface area contributed by atoms with Crippen LogP contribution in [-0.4, -0.2) is 6.61 Å². The van der Waals surface area contributed by atoms with Crippen molar-refractivity contribution in [2.45, 2.75) is 6.18 Å². The third kappa shape index (κ3) is 2.88. The number of hydrogen-bond donors (Lipinski definition) is 0. The average Bonchev–Trinajstić information content (AvgIpc) is 2.18. The lowest BCUT2D eigenvalue weighted by Crippen LogP contribution is -2.07. The third-order valence-corrected chi connectivity index (χ3v) is 1.95. The van der Waals surface area contributed by atoms with Gasteiger partial charge in [-0.2, -0.15) is 13.2 Å². The summed E-state index contributed by atoms with van der Waals surface area (Å²) in [4.78, 5) is 0. The molecule has 0 atom stereocenters. The second-order valence-electron chi connectivity index (χ2n) is 2.87. The Morgan fingerprint density at radius 2 is 2.00 bits per heavy atom. The number of ether oxygens (including phenoxy) is 1. The maximum absolute atomic E-state index is 13.2. The number of halogens is 5. The Bertz CT molecular complexity index is 401. The van der Waals surface area contributed by atoms with E-state index in [1.807, 2.05) is 0 Å². The van der Waals surface area contributed by atoms with E-state index < -0.39 is 28.3 Å². The minimum atomic E-state index is -4.59. The van der Waals surface area contributed by atoms with Crippen molar-refractivity contribution in [1.82, 2.24) is 0 Å². The Kier molecular flexibility index (Phi) is 3.80. The first-order chi connectivity index (χ1) is 7.36. The van der Waals surface area contributed by atoms with Gasteiger partial charge in [-0.05, 0) is 12.1 Å². The van der Waals surface area contributed by atoms with E-state index in [2.05, 4.69) is 6.58 Å². The molecule has 1 rings (SSSR count). The van der Waals surface area contributed by atoms with Gasteiger partial charge in [-0.3, -0.25) is 0 Å². The lowest BCUT2D eigenvalue weighted by Gasteiger charge is -2.11. The first-order valence-electron chi connectivity index (χ1n) is 4.16. The van der Waals surface area contributed by atoms with Crippen molar-refractivity contribution in [2.24, 2.45) is 0 Å². The number of rotatable bonds is 3. The largest absolute Gasteiger partial charge is 0.486 e. The second-order valence-corrected chi connectivity index (χ2v) is 3.27. The number of alkyl halides is 3. The molecule has 0 aliphatic rings. The molecule has 1 aromatic rings. The Hall–Kier alpha value is -1.23. The van der Waals surface area contributed by atoms with E-state index in [9.17, 15) is 17.6 Å². The molecular formula is C10H7ClF4O. The van der Waals surface area contributed by atoms with Gasteiger partial charge in [0.15, 0.2) is 11.6 Å². The minimum Gasteiger partial charge on any atom is -0.486 e. The fourth-order valence-electron chi connectivity index (χ4n) is 0.981. The van der Waals surface area contributed by atoms with E-state index in [1.165, 1.54) is 6.08 Å². The normalized spacial score (nSPS) is 11.3. The van der Waals surface area contributed by atoms with Crippen LogP contribution < -0.4 is 4.74 Å². The molecule has 88 valence electrons. The van der Waals surface area contributed by atoms with Crippen LogP contribution in [0.5, 0.6) is 5.75 Å². The maximum atomic E-state index is 13.2. The van der Waals surface area contributed by atoms with Crippen LogP contribution in [0.2, 0.25) is 5.02 Å². The maximum Gasteiger partial charge on any atom is 0.416 e.